The number of likely N-dealkylation sites (tertiary alicyclic amines) is 1. The van der Waals surface area contributed by atoms with Gasteiger partial charge < -0.3 is 9.88 Å². The first kappa shape index (κ1) is 17.7. The van der Waals surface area contributed by atoms with Gasteiger partial charge in [0.2, 0.25) is 5.91 Å². The van der Waals surface area contributed by atoms with Crippen molar-refractivity contribution in [3.63, 3.8) is 0 Å². The second-order valence-corrected chi connectivity index (χ2v) is 9.23. The lowest BCUT2D eigenvalue weighted by Gasteiger charge is -2.35. The highest BCUT2D eigenvalue weighted by Gasteiger charge is 2.25. The molecule has 0 spiro atoms. The summed E-state index contributed by atoms with van der Waals surface area (Å²) in [5, 5.41) is 0.790. The molecule has 2 aliphatic rings. The first-order valence-electron chi connectivity index (χ1n) is 9.82. The molecule has 5 nitrogen and oxygen atoms in total. The SMILES string of the molecule is CC1CC(C)CN(C(=O)CCc2nc3sc4c(c3c(=O)[nH]2)CCCC4)C1. The number of aromatic amines is 1. The predicted molar refractivity (Wildman–Crippen MR) is 105 cm³/mol. The third kappa shape index (κ3) is 3.43. The minimum absolute atomic E-state index is 0.0305. The van der Waals surface area contributed by atoms with Crippen LogP contribution in [0.2, 0.25) is 0 Å². The Labute approximate surface area is 157 Å². The maximum absolute atomic E-state index is 12.6. The molecule has 0 aromatic carbocycles. The molecule has 26 heavy (non-hydrogen) atoms. The molecule has 1 aliphatic heterocycles. The van der Waals surface area contributed by atoms with Crippen molar-refractivity contribution in [3.8, 4) is 0 Å². The van der Waals surface area contributed by atoms with Crippen molar-refractivity contribution in [1.82, 2.24) is 14.9 Å². The van der Waals surface area contributed by atoms with Crippen molar-refractivity contribution >= 4 is 27.5 Å². The Morgan fingerprint density at radius 1 is 1.23 bits per heavy atom. The number of nitrogens with one attached hydrogen (secondary N) is 1. The third-order valence-electron chi connectivity index (χ3n) is 5.67. The molecule has 2 unspecified atom stereocenters. The summed E-state index contributed by atoms with van der Waals surface area (Å²) in [7, 11) is 0. The lowest BCUT2D eigenvalue weighted by Crippen LogP contribution is -2.42. The predicted octanol–water partition coefficient (Wildman–Crippen LogP) is 3.30. The Hall–Kier alpha value is -1.69. The van der Waals surface area contributed by atoms with E-state index in [1.165, 1.54) is 23.3 Å². The number of aryl methyl sites for hydroxylation is 3. The lowest BCUT2D eigenvalue weighted by molar-refractivity contribution is -0.133. The van der Waals surface area contributed by atoms with Crippen LogP contribution in [0.25, 0.3) is 10.2 Å². The molecule has 140 valence electrons. The number of piperidine rings is 1. The standard InChI is InChI=1S/C20H27N3O2S/c1-12-9-13(2)11-23(10-12)17(24)8-7-16-21-19(25)18-14-5-3-4-6-15(14)26-20(18)22-16/h12-13H,3-11H2,1-2H3,(H,21,22,25). The van der Waals surface area contributed by atoms with Crippen molar-refractivity contribution in [2.24, 2.45) is 11.8 Å². The molecule has 6 heteroatoms. The number of hydrogen-bond donors (Lipinski definition) is 1. The molecule has 2 aromatic rings. The molecular weight excluding hydrogens is 346 g/mol. The summed E-state index contributed by atoms with van der Waals surface area (Å²) in [5.41, 5.74) is 1.18. The topological polar surface area (TPSA) is 66.1 Å². The molecule has 1 N–H and O–H groups in total. The van der Waals surface area contributed by atoms with E-state index < -0.39 is 0 Å². The van der Waals surface area contributed by atoms with Crippen LogP contribution in [-0.2, 0) is 24.1 Å². The summed E-state index contributed by atoms with van der Waals surface area (Å²) < 4.78 is 0. The summed E-state index contributed by atoms with van der Waals surface area (Å²) >= 11 is 1.66. The van der Waals surface area contributed by atoms with E-state index >= 15 is 0 Å². The zero-order chi connectivity index (χ0) is 18.3. The zero-order valence-corrected chi connectivity index (χ0v) is 16.5. The van der Waals surface area contributed by atoms with Gasteiger partial charge in [0.05, 0.1) is 5.39 Å². The maximum atomic E-state index is 12.6. The van der Waals surface area contributed by atoms with Crippen molar-refractivity contribution in [2.45, 2.75) is 58.8 Å². The number of thiophene rings is 1. The van der Waals surface area contributed by atoms with Gasteiger partial charge in [-0.25, -0.2) is 4.98 Å². The Balaban J connectivity index is 1.49. The number of amides is 1. The molecule has 0 saturated carbocycles. The summed E-state index contributed by atoms with van der Waals surface area (Å²) in [6.45, 7) is 6.12. The van der Waals surface area contributed by atoms with E-state index in [1.807, 2.05) is 4.90 Å². The van der Waals surface area contributed by atoms with E-state index in [2.05, 4.69) is 23.8 Å². The fourth-order valence-corrected chi connectivity index (χ4v) is 5.86. The number of nitrogens with zero attached hydrogens (tertiary/aromatic N) is 2. The van der Waals surface area contributed by atoms with Gasteiger partial charge in [-0.3, -0.25) is 9.59 Å². The average molecular weight is 374 g/mol. The minimum Gasteiger partial charge on any atom is -0.342 e. The van der Waals surface area contributed by atoms with Gasteiger partial charge in [-0.15, -0.1) is 11.3 Å². The quantitative estimate of drug-likeness (QED) is 0.898. The summed E-state index contributed by atoms with van der Waals surface area (Å²) in [6.07, 6.45) is 6.52. The monoisotopic (exact) mass is 373 g/mol. The van der Waals surface area contributed by atoms with Crippen molar-refractivity contribution in [1.29, 1.82) is 0 Å². The fourth-order valence-electron chi connectivity index (χ4n) is 4.58. The molecule has 0 bridgehead atoms. The molecule has 2 atom stereocenters. The van der Waals surface area contributed by atoms with Gasteiger partial charge in [0.25, 0.3) is 5.56 Å². The first-order valence-corrected chi connectivity index (χ1v) is 10.6. The molecule has 1 amide bonds. The molecular formula is C20H27N3O2S. The smallest absolute Gasteiger partial charge is 0.259 e. The highest BCUT2D eigenvalue weighted by atomic mass is 32.1. The van der Waals surface area contributed by atoms with Gasteiger partial charge in [0.1, 0.15) is 10.7 Å². The third-order valence-corrected chi connectivity index (χ3v) is 6.86. The van der Waals surface area contributed by atoms with E-state index in [4.69, 9.17) is 0 Å². The number of H-pyrrole nitrogens is 1. The van der Waals surface area contributed by atoms with Crippen LogP contribution in [0.5, 0.6) is 0 Å². The fraction of sp³-hybridized carbons (Fsp3) is 0.650. The van der Waals surface area contributed by atoms with Crippen LogP contribution >= 0.6 is 11.3 Å². The van der Waals surface area contributed by atoms with E-state index in [9.17, 15) is 9.59 Å². The van der Waals surface area contributed by atoms with E-state index in [-0.39, 0.29) is 11.5 Å². The Morgan fingerprint density at radius 2 is 1.96 bits per heavy atom. The molecule has 4 rings (SSSR count). The Morgan fingerprint density at radius 3 is 2.73 bits per heavy atom. The molecule has 2 aromatic heterocycles. The van der Waals surface area contributed by atoms with Gasteiger partial charge >= 0.3 is 0 Å². The second kappa shape index (κ2) is 7.14. The number of carbonyl (C=O) groups is 1. The minimum atomic E-state index is -0.0305. The highest BCUT2D eigenvalue weighted by molar-refractivity contribution is 7.18. The Bertz CT molecular complexity index is 875. The van der Waals surface area contributed by atoms with Crippen molar-refractivity contribution < 1.29 is 4.79 Å². The highest BCUT2D eigenvalue weighted by Crippen LogP contribution is 2.33. The summed E-state index contributed by atoms with van der Waals surface area (Å²) in [6, 6.07) is 0. The van der Waals surface area contributed by atoms with E-state index in [0.29, 0.717) is 30.5 Å². The van der Waals surface area contributed by atoms with Crippen LogP contribution in [0.15, 0.2) is 4.79 Å². The number of aromatic nitrogens is 2. The molecule has 0 radical (unpaired) electrons. The van der Waals surface area contributed by atoms with Gasteiger partial charge in [-0.2, -0.15) is 0 Å². The number of hydrogen-bond acceptors (Lipinski definition) is 4. The number of carbonyl (C=O) groups excluding carboxylic acids is 1. The maximum Gasteiger partial charge on any atom is 0.259 e. The van der Waals surface area contributed by atoms with Crippen LogP contribution in [-0.4, -0.2) is 33.9 Å². The number of fused-ring (bicyclic) bond motifs is 3. The Kier molecular flexibility index (Phi) is 4.86. The van der Waals surface area contributed by atoms with Gasteiger partial charge in [0.15, 0.2) is 0 Å². The van der Waals surface area contributed by atoms with Crippen LogP contribution < -0.4 is 5.56 Å². The second-order valence-electron chi connectivity index (χ2n) is 8.15. The number of rotatable bonds is 3. The van der Waals surface area contributed by atoms with Gasteiger partial charge in [-0.05, 0) is 49.5 Å². The average Bonchev–Trinajstić information content (AvgIpc) is 2.97. The van der Waals surface area contributed by atoms with E-state index in [0.717, 1.165) is 42.6 Å². The van der Waals surface area contributed by atoms with Crippen molar-refractivity contribution in [3.05, 3.63) is 26.6 Å². The van der Waals surface area contributed by atoms with Crippen molar-refractivity contribution in [2.75, 3.05) is 13.1 Å². The normalized spacial score (nSPS) is 23.2. The van der Waals surface area contributed by atoms with Gasteiger partial charge in [0, 0.05) is 30.8 Å². The van der Waals surface area contributed by atoms with Crippen LogP contribution in [0, 0.1) is 11.8 Å². The largest absolute Gasteiger partial charge is 0.342 e. The summed E-state index contributed by atoms with van der Waals surface area (Å²) in [4.78, 5) is 36.9. The molecule has 1 saturated heterocycles. The summed E-state index contributed by atoms with van der Waals surface area (Å²) in [5.74, 6) is 1.95. The molecule has 1 aliphatic carbocycles. The zero-order valence-electron chi connectivity index (χ0n) is 15.6. The van der Waals surface area contributed by atoms with Gasteiger partial charge in [-0.1, -0.05) is 13.8 Å². The first-order chi connectivity index (χ1) is 12.5. The van der Waals surface area contributed by atoms with Crippen LogP contribution in [0.1, 0.15) is 55.8 Å². The molecule has 1 fully saturated rings. The van der Waals surface area contributed by atoms with Crippen LogP contribution in [0.4, 0.5) is 0 Å². The lowest BCUT2D eigenvalue weighted by atomic mass is 9.91. The molecule has 3 heterocycles. The van der Waals surface area contributed by atoms with Crippen LogP contribution in [0.3, 0.4) is 0 Å². The van der Waals surface area contributed by atoms with E-state index in [1.54, 1.807) is 11.3 Å².